The first-order valence-corrected chi connectivity index (χ1v) is 7.09. The van der Waals surface area contributed by atoms with Crippen molar-refractivity contribution in [2.75, 3.05) is 5.73 Å². The average Bonchev–Trinajstić information content (AvgIpc) is 2.98. The van der Waals surface area contributed by atoms with Gasteiger partial charge in [-0.3, -0.25) is 4.79 Å². The van der Waals surface area contributed by atoms with Crippen LogP contribution in [0.25, 0.3) is 10.2 Å². The summed E-state index contributed by atoms with van der Waals surface area (Å²) in [5.74, 6) is 0.457. The van der Waals surface area contributed by atoms with Crippen molar-refractivity contribution in [2.45, 2.75) is 20.4 Å². The van der Waals surface area contributed by atoms with Crippen LogP contribution in [0.1, 0.15) is 26.7 Å². The van der Waals surface area contributed by atoms with Gasteiger partial charge in [-0.2, -0.15) is 5.10 Å². The molecule has 3 aromatic heterocycles. The number of carbonyl (C=O) groups excluding carboxylic acids is 1. The first kappa shape index (κ1) is 13.5. The van der Waals surface area contributed by atoms with Gasteiger partial charge in [0.25, 0.3) is 5.91 Å². The first-order valence-electron chi connectivity index (χ1n) is 6.27. The minimum atomic E-state index is -0.240. The third-order valence-electron chi connectivity index (χ3n) is 3.23. The number of aryl methyl sites for hydroxylation is 2. The summed E-state index contributed by atoms with van der Waals surface area (Å²) in [5.41, 5.74) is 8.08. The van der Waals surface area contributed by atoms with Gasteiger partial charge in [-0.15, -0.1) is 16.4 Å². The van der Waals surface area contributed by atoms with Crippen molar-refractivity contribution in [1.29, 1.82) is 0 Å². The van der Waals surface area contributed by atoms with E-state index in [2.05, 4.69) is 20.7 Å². The van der Waals surface area contributed by atoms with Gasteiger partial charge in [0, 0.05) is 17.5 Å². The highest BCUT2D eigenvalue weighted by Crippen LogP contribution is 2.31. The SMILES string of the molecule is Cc1noc(C)c1CNC(=O)c1sc2nnccc2c1N. The lowest BCUT2D eigenvalue weighted by Gasteiger charge is -2.03. The number of hydrogen-bond donors (Lipinski definition) is 2. The number of thiophene rings is 1. The van der Waals surface area contributed by atoms with E-state index in [-0.39, 0.29) is 5.91 Å². The molecule has 0 radical (unpaired) electrons. The average molecular weight is 303 g/mol. The summed E-state index contributed by atoms with van der Waals surface area (Å²) in [6.07, 6.45) is 1.55. The fourth-order valence-electron chi connectivity index (χ4n) is 2.05. The second-order valence-electron chi connectivity index (χ2n) is 4.58. The van der Waals surface area contributed by atoms with E-state index in [9.17, 15) is 4.79 Å². The fraction of sp³-hybridized carbons (Fsp3) is 0.231. The molecule has 0 unspecified atom stereocenters. The van der Waals surface area contributed by atoms with E-state index in [0.717, 1.165) is 16.6 Å². The standard InChI is InChI=1S/C13H13N5O2S/c1-6-9(7(2)20-18-6)5-15-12(19)11-10(14)8-3-4-16-17-13(8)21-11/h3-4H,5,14H2,1-2H3,(H,15,19). The van der Waals surface area contributed by atoms with Crippen molar-refractivity contribution in [2.24, 2.45) is 0 Å². The maximum absolute atomic E-state index is 12.3. The van der Waals surface area contributed by atoms with Gasteiger partial charge >= 0.3 is 0 Å². The number of amides is 1. The summed E-state index contributed by atoms with van der Waals surface area (Å²) < 4.78 is 5.06. The normalized spacial score (nSPS) is 11.0. The summed E-state index contributed by atoms with van der Waals surface area (Å²) in [6, 6.07) is 1.75. The Labute approximate surface area is 124 Å². The van der Waals surface area contributed by atoms with Crippen LogP contribution in [-0.4, -0.2) is 21.3 Å². The molecule has 3 N–H and O–H groups in total. The van der Waals surface area contributed by atoms with Crippen molar-refractivity contribution in [3.05, 3.63) is 34.2 Å². The van der Waals surface area contributed by atoms with Gasteiger partial charge in [-0.25, -0.2) is 0 Å². The Hall–Kier alpha value is -2.48. The van der Waals surface area contributed by atoms with Crippen LogP contribution >= 0.6 is 11.3 Å². The highest BCUT2D eigenvalue weighted by molar-refractivity contribution is 7.21. The highest BCUT2D eigenvalue weighted by Gasteiger charge is 2.18. The van der Waals surface area contributed by atoms with Gasteiger partial charge in [0.2, 0.25) is 0 Å². The summed E-state index contributed by atoms with van der Waals surface area (Å²) in [4.78, 5) is 13.4. The number of anilines is 1. The molecule has 8 heteroatoms. The predicted octanol–water partition coefficient (Wildman–Crippen LogP) is 1.81. The van der Waals surface area contributed by atoms with Crippen LogP contribution in [0.5, 0.6) is 0 Å². The zero-order valence-corrected chi connectivity index (χ0v) is 12.3. The van der Waals surface area contributed by atoms with Crippen molar-refractivity contribution < 1.29 is 9.32 Å². The molecule has 1 amide bonds. The fourth-order valence-corrected chi connectivity index (χ4v) is 3.00. The molecule has 0 aliphatic rings. The number of nitrogens with zero attached hydrogens (tertiary/aromatic N) is 3. The highest BCUT2D eigenvalue weighted by atomic mass is 32.1. The predicted molar refractivity (Wildman–Crippen MR) is 79.0 cm³/mol. The molecule has 3 rings (SSSR count). The minimum Gasteiger partial charge on any atom is -0.397 e. The van der Waals surface area contributed by atoms with Gasteiger partial charge in [-0.05, 0) is 19.9 Å². The monoisotopic (exact) mass is 303 g/mol. The third-order valence-corrected chi connectivity index (χ3v) is 4.34. The molecule has 0 aromatic carbocycles. The van der Waals surface area contributed by atoms with Crippen LogP contribution in [0.15, 0.2) is 16.8 Å². The van der Waals surface area contributed by atoms with Gasteiger partial charge in [0.1, 0.15) is 15.5 Å². The second kappa shape index (κ2) is 5.13. The maximum Gasteiger partial charge on any atom is 0.263 e. The van der Waals surface area contributed by atoms with Crippen molar-refractivity contribution in [3.63, 3.8) is 0 Å². The molecule has 0 saturated heterocycles. The number of nitrogens with one attached hydrogen (secondary N) is 1. The Bertz CT molecular complexity index is 804. The van der Waals surface area contributed by atoms with Crippen LogP contribution in [0, 0.1) is 13.8 Å². The van der Waals surface area contributed by atoms with Gasteiger partial charge in [0.05, 0.1) is 17.6 Å². The molecular formula is C13H13N5O2S. The van der Waals surface area contributed by atoms with E-state index in [1.165, 1.54) is 11.3 Å². The number of nitrogens with two attached hydrogens (primary N) is 1. The molecule has 0 aliphatic heterocycles. The molecule has 0 spiro atoms. The Kier molecular flexibility index (Phi) is 3.30. The van der Waals surface area contributed by atoms with Crippen LogP contribution in [0.3, 0.4) is 0 Å². The van der Waals surface area contributed by atoms with Crippen LogP contribution in [0.2, 0.25) is 0 Å². The molecule has 3 heterocycles. The number of fused-ring (bicyclic) bond motifs is 1. The lowest BCUT2D eigenvalue weighted by atomic mass is 10.2. The number of aromatic nitrogens is 3. The molecular weight excluding hydrogens is 290 g/mol. The first-order chi connectivity index (χ1) is 10.1. The lowest BCUT2D eigenvalue weighted by molar-refractivity contribution is 0.0955. The van der Waals surface area contributed by atoms with E-state index in [4.69, 9.17) is 10.3 Å². The molecule has 7 nitrogen and oxygen atoms in total. The smallest absolute Gasteiger partial charge is 0.263 e. The Morgan fingerprint density at radius 3 is 2.95 bits per heavy atom. The number of hydrogen-bond acceptors (Lipinski definition) is 7. The topological polar surface area (TPSA) is 107 Å². The van der Waals surface area contributed by atoms with Crippen molar-refractivity contribution >= 4 is 33.1 Å². The number of nitrogen functional groups attached to an aromatic ring is 1. The Morgan fingerprint density at radius 1 is 1.48 bits per heavy atom. The molecule has 108 valence electrons. The van der Waals surface area contributed by atoms with Gasteiger partial charge in [-0.1, -0.05) is 5.16 Å². The molecule has 0 aliphatic carbocycles. The number of rotatable bonds is 3. The molecule has 0 saturated carbocycles. The van der Waals surface area contributed by atoms with Crippen LogP contribution in [-0.2, 0) is 6.54 Å². The zero-order chi connectivity index (χ0) is 15.0. The molecule has 0 bridgehead atoms. The molecule has 0 fully saturated rings. The molecule has 3 aromatic rings. The Morgan fingerprint density at radius 2 is 2.29 bits per heavy atom. The van der Waals surface area contributed by atoms with Crippen LogP contribution in [0.4, 0.5) is 5.69 Å². The quantitative estimate of drug-likeness (QED) is 0.764. The summed E-state index contributed by atoms with van der Waals surface area (Å²) in [6.45, 7) is 3.99. The largest absolute Gasteiger partial charge is 0.397 e. The molecule has 0 atom stereocenters. The van der Waals surface area contributed by atoms with E-state index in [1.807, 2.05) is 13.8 Å². The van der Waals surface area contributed by atoms with E-state index in [1.54, 1.807) is 12.3 Å². The second-order valence-corrected chi connectivity index (χ2v) is 5.58. The zero-order valence-electron chi connectivity index (χ0n) is 11.5. The summed E-state index contributed by atoms with van der Waals surface area (Å²) >= 11 is 1.23. The Balaban J connectivity index is 1.83. The lowest BCUT2D eigenvalue weighted by Crippen LogP contribution is -2.23. The minimum absolute atomic E-state index is 0.240. The van der Waals surface area contributed by atoms with Gasteiger partial charge < -0.3 is 15.6 Å². The van der Waals surface area contributed by atoms with Gasteiger partial charge in [0.15, 0.2) is 0 Å². The van der Waals surface area contributed by atoms with E-state index >= 15 is 0 Å². The van der Waals surface area contributed by atoms with E-state index in [0.29, 0.717) is 27.7 Å². The van der Waals surface area contributed by atoms with Crippen LogP contribution < -0.4 is 11.1 Å². The van der Waals surface area contributed by atoms with Crippen molar-refractivity contribution in [1.82, 2.24) is 20.7 Å². The maximum atomic E-state index is 12.3. The van der Waals surface area contributed by atoms with E-state index < -0.39 is 0 Å². The summed E-state index contributed by atoms with van der Waals surface area (Å²) in [7, 11) is 0. The third kappa shape index (κ3) is 2.33. The molecule has 21 heavy (non-hydrogen) atoms. The number of carbonyl (C=O) groups is 1. The summed E-state index contributed by atoms with van der Waals surface area (Å²) in [5, 5.41) is 15.2. The van der Waals surface area contributed by atoms with Crippen molar-refractivity contribution in [3.8, 4) is 0 Å².